The lowest BCUT2D eigenvalue weighted by atomic mass is 9.99. The maximum atomic E-state index is 15.9. The van der Waals surface area contributed by atoms with E-state index in [1.165, 1.54) is 58.8 Å². The number of nitrogens with one attached hydrogen (secondary N) is 4. The molecule has 0 saturated carbocycles. The second-order valence-corrected chi connectivity index (χ2v) is 28.1. The molecule has 10 atom stereocenters. The number of carbonyl (C=O) groups excluding carboxylic acids is 12. The third kappa shape index (κ3) is 14.5. The van der Waals surface area contributed by atoms with Gasteiger partial charge in [0.2, 0.25) is 59.0 Å². The molecule has 9 rings (SSSR count). The molecule has 103 heavy (non-hydrogen) atoms. The zero-order chi connectivity index (χ0) is 76.3. The number of carbonyl (C=O) groups is 12. The van der Waals surface area contributed by atoms with Crippen LogP contribution in [0.15, 0.2) is 19.7 Å². The molecule has 0 spiro atoms. The minimum atomic E-state index is -2.56. The molecule has 0 radical (unpaired) electrons. The van der Waals surface area contributed by atoms with Crippen molar-refractivity contribution in [2.24, 2.45) is 23.7 Å². The van der Waals surface area contributed by atoms with Crippen LogP contribution in [0.4, 0.5) is 22.0 Å². The van der Waals surface area contributed by atoms with E-state index < -0.39 is 259 Å². The number of esters is 2. The van der Waals surface area contributed by atoms with E-state index in [9.17, 15) is 47.5 Å². The average molecular weight is 1450 g/mol. The number of likely N-dealkylation sites (N-methyl/N-ethyl adjacent to an activating group) is 4. The summed E-state index contributed by atoms with van der Waals surface area (Å²) in [7, 11) is 5.31. The van der Waals surface area contributed by atoms with Crippen LogP contribution in [0.2, 0.25) is 0 Å². The van der Waals surface area contributed by atoms with Gasteiger partial charge in [0.25, 0.3) is 11.8 Å². The van der Waals surface area contributed by atoms with E-state index in [0.717, 1.165) is 32.6 Å². The van der Waals surface area contributed by atoms with Gasteiger partial charge in [0.1, 0.15) is 82.8 Å². The van der Waals surface area contributed by atoms with Crippen molar-refractivity contribution in [2.45, 2.75) is 169 Å². The fourth-order valence-electron chi connectivity index (χ4n) is 13.6. The predicted molar refractivity (Wildman–Crippen MR) is 354 cm³/mol. The van der Waals surface area contributed by atoms with Gasteiger partial charge in [-0.05, 0) is 77.0 Å². The number of halogens is 5. The Morgan fingerprint density at radius 1 is 0.544 bits per heavy atom. The Kier molecular flexibility index (Phi) is 22.4. The number of oxazole rings is 1. The fourth-order valence-corrected chi connectivity index (χ4v) is 13.6. The highest BCUT2D eigenvalue weighted by Crippen LogP contribution is 2.41. The van der Waals surface area contributed by atoms with Crippen LogP contribution in [-0.2, 0) is 57.4 Å². The lowest BCUT2D eigenvalue weighted by Gasteiger charge is -2.36. The predicted octanol–water partition coefficient (Wildman–Crippen LogP) is 3.65. The van der Waals surface area contributed by atoms with Crippen LogP contribution in [-0.4, -0.2) is 225 Å². The summed E-state index contributed by atoms with van der Waals surface area (Å²) in [4.78, 5) is 206. The van der Waals surface area contributed by atoms with Crippen LogP contribution in [0.3, 0.4) is 0 Å². The molecule has 3 aromatic rings. The quantitative estimate of drug-likeness (QED) is 0.0538. The first-order valence-corrected chi connectivity index (χ1v) is 33.7. The van der Waals surface area contributed by atoms with E-state index in [1.54, 1.807) is 55.4 Å². The number of benzene rings is 3. The maximum Gasteiger partial charge on any atom is 0.329 e. The summed E-state index contributed by atoms with van der Waals surface area (Å²) in [5, 5.41) is 10.2. The smallest absolute Gasteiger partial charge is 0.329 e. The molecule has 4 N–H and O–H groups in total. The molecule has 0 bridgehead atoms. The second kappa shape index (κ2) is 30.0. The van der Waals surface area contributed by atoms with Gasteiger partial charge in [0, 0.05) is 58.5 Å². The molecular formula is C69H83F5N12O17. The molecule has 6 aliphatic rings. The molecule has 5 aliphatic heterocycles. The molecule has 1 aromatic heterocycles. The number of rotatable bonds is 9. The lowest BCUT2D eigenvalue weighted by molar-refractivity contribution is -0.163. The van der Waals surface area contributed by atoms with E-state index in [4.69, 9.17) is 23.3 Å². The van der Waals surface area contributed by atoms with Crippen molar-refractivity contribution in [3.8, 4) is 22.9 Å². The molecule has 4 fully saturated rings. The highest BCUT2D eigenvalue weighted by molar-refractivity contribution is 6.17. The largest absolute Gasteiger partial charge is 0.458 e. The highest BCUT2D eigenvalue weighted by Gasteiger charge is 2.47. The minimum absolute atomic E-state index is 0.0430. The van der Waals surface area contributed by atoms with Crippen LogP contribution < -0.4 is 26.7 Å². The van der Waals surface area contributed by atoms with Crippen molar-refractivity contribution in [2.75, 3.05) is 54.4 Å². The summed E-state index contributed by atoms with van der Waals surface area (Å²) >= 11 is 0. The van der Waals surface area contributed by atoms with E-state index in [0.29, 0.717) is 12.8 Å². The molecule has 1 aliphatic carbocycles. The van der Waals surface area contributed by atoms with Gasteiger partial charge in [0.15, 0.2) is 45.6 Å². The van der Waals surface area contributed by atoms with Gasteiger partial charge in [-0.25, -0.2) is 41.5 Å². The Balaban J connectivity index is 1.23. The molecule has 556 valence electrons. The topological polar surface area (TPSA) is 360 Å². The number of ether oxygens (including phenoxy) is 2. The number of cyclic esters (lactones) is 2. The van der Waals surface area contributed by atoms with Gasteiger partial charge in [-0.2, -0.15) is 0 Å². The summed E-state index contributed by atoms with van der Waals surface area (Å²) in [5.41, 5.74) is -8.33. The van der Waals surface area contributed by atoms with Crippen LogP contribution in [0.25, 0.3) is 45.1 Å². The number of fused-ring (bicyclic) bond motifs is 5. The van der Waals surface area contributed by atoms with Gasteiger partial charge in [0.05, 0.1) is 24.2 Å². The Hall–Kier alpha value is -10.2. The van der Waals surface area contributed by atoms with Crippen molar-refractivity contribution >= 4 is 93.2 Å². The fraction of sp³-hybridized carbons (Fsp3) is 0.551. The van der Waals surface area contributed by atoms with Gasteiger partial charge in [-0.15, -0.1) is 0 Å². The molecule has 29 nitrogen and oxygen atoms in total. The molecule has 4 saturated heterocycles. The monoisotopic (exact) mass is 1450 g/mol. The maximum absolute atomic E-state index is 15.9. The van der Waals surface area contributed by atoms with Crippen molar-refractivity contribution in [3.63, 3.8) is 0 Å². The summed E-state index contributed by atoms with van der Waals surface area (Å²) in [5.74, 6) is -28.6. The Labute approximate surface area is 587 Å². The summed E-state index contributed by atoms with van der Waals surface area (Å²) in [6.45, 7) is 16.5. The summed E-state index contributed by atoms with van der Waals surface area (Å²) in [6.07, 6.45) is -2.44. The zero-order valence-electron chi connectivity index (χ0n) is 59.7. The number of nitrogens with zero attached hydrogens (tertiary/aromatic N) is 8. The van der Waals surface area contributed by atoms with Crippen LogP contribution in [0.1, 0.15) is 127 Å². The first kappa shape index (κ1) is 77.0. The summed E-state index contributed by atoms with van der Waals surface area (Å²) in [6, 6.07) is -11.3. The number of aryl methyl sites for hydroxylation is 1. The highest BCUT2D eigenvalue weighted by atomic mass is 19.2. The molecule has 34 heteroatoms. The van der Waals surface area contributed by atoms with Gasteiger partial charge < -0.3 is 69.0 Å². The van der Waals surface area contributed by atoms with Crippen LogP contribution in [0.5, 0.6) is 0 Å². The van der Waals surface area contributed by atoms with E-state index in [1.807, 2.05) is 0 Å². The Bertz CT molecular complexity index is 4340. The van der Waals surface area contributed by atoms with E-state index in [2.05, 4.69) is 26.3 Å². The number of hydrogen-bond donors (Lipinski definition) is 4. The number of aromatic nitrogens is 2. The number of hydrogen-bond acceptors (Lipinski definition) is 19. The lowest BCUT2D eigenvalue weighted by Crippen LogP contribution is -2.61. The van der Waals surface area contributed by atoms with E-state index >= 15 is 36.7 Å². The van der Waals surface area contributed by atoms with Gasteiger partial charge in [-0.1, -0.05) is 55.4 Å². The van der Waals surface area contributed by atoms with Crippen LogP contribution >= 0.6 is 0 Å². The first-order chi connectivity index (χ1) is 48.2. The van der Waals surface area contributed by atoms with Gasteiger partial charge >= 0.3 is 11.9 Å². The molecule has 6 heterocycles. The first-order valence-electron chi connectivity index (χ1n) is 33.7. The van der Waals surface area contributed by atoms with Crippen molar-refractivity contribution in [1.29, 1.82) is 0 Å². The van der Waals surface area contributed by atoms with Crippen molar-refractivity contribution in [3.05, 3.63) is 67.6 Å². The Morgan fingerprint density at radius 3 is 1.38 bits per heavy atom. The molecule has 0 unspecified atom stereocenters. The SMILES string of the molecule is Cc1c2oc3c(C)c4oc(-c5c(F)c(F)c(F)c(F)c5F)nc4c(C(=O)N[C@H]4C(=O)N[C@H](C(C)C)C(=O)N5CCC[C@H]5C(=O)N(C)CC(=O)N(C)[C@@H](C(C)C)C(=O)O[C@H]4C)c3nc-2c(C(=O)N[C@@H]2C(=O)N[C@H](C(C)C)C(=O)N3CCC[C@H]3C(=O)N(C)CC(=O)N(C)[C@@H](C(C)C)C(=O)O[C@@H]2C)cc1=O. The third-order valence-electron chi connectivity index (χ3n) is 19.4. The minimum Gasteiger partial charge on any atom is -0.458 e. The average Bonchev–Trinajstić information content (AvgIpc) is 1.70. The van der Waals surface area contributed by atoms with Crippen molar-refractivity contribution in [1.82, 2.24) is 60.6 Å². The second-order valence-electron chi connectivity index (χ2n) is 28.1. The zero-order valence-corrected chi connectivity index (χ0v) is 59.7. The Morgan fingerprint density at radius 2 is 0.951 bits per heavy atom. The molecule has 2 aromatic carbocycles. The van der Waals surface area contributed by atoms with Crippen LogP contribution in [0, 0.1) is 66.6 Å². The summed E-state index contributed by atoms with van der Waals surface area (Å²) < 4.78 is 101. The van der Waals surface area contributed by atoms with Gasteiger partial charge in [-0.3, -0.25) is 52.7 Å². The standard InChI is InChI=1S/C69H83F5N12O17/c1-26(2)47-66(96)85-21-17-19-35(85)64(94)81(13)24-38(88)83(15)54(28(5)6)68(98)100-32(11)49(61(92)76-47)78-59(90)34-23-37(87)30(9)56-51(34)75-52-41(53-58(31(10)57(52)102-56)103-63(80-53)40-42(70)44(72)46(74)45(73)43(40)71)60(91)79-50-33(12)101-69(99)55(29(7)8)84(16)39(89)25-82(14)65(95)36-20-18-22-86(36)67(97)48(27(3)4)77-62(50)93/h23,26-29,32-33,35-36,47-50,54-55H,17-22,24-25H2,1-16H3,(H,76,92)(H,77,93)(H,78,90)(H,79,91)/t32-,33+,35+,36+,47-,48-,49+,50-,54+,55+/m1/s1. The molecular weight excluding hydrogens is 1360 g/mol. The van der Waals surface area contributed by atoms with Crippen molar-refractivity contribution < 1.29 is 97.8 Å². The normalized spacial score (nSPS) is 24.5. The third-order valence-corrected chi connectivity index (χ3v) is 19.4. The number of amides is 10. The van der Waals surface area contributed by atoms with E-state index in [-0.39, 0.29) is 37.1 Å². The molecule has 10 amide bonds.